The first-order chi connectivity index (χ1) is 16.2. The molecule has 2 aromatic heterocycles. The minimum absolute atomic E-state index is 0.0334. The number of fused-ring (bicyclic) bond motifs is 3. The van der Waals surface area contributed by atoms with E-state index < -0.39 is 28.8 Å². The molecule has 34 heavy (non-hydrogen) atoms. The fraction of sp³-hybridized carbons (Fsp3) is 0.300. The molecule has 3 aromatic rings. The van der Waals surface area contributed by atoms with Gasteiger partial charge in [-0.1, -0.05) is 11.6 Å². The van der Waals surface area contributed by atoms with Crippen molar-refractivity contribution in [3.63, 3.8) is 0 Å². The summed E-state index contributed by atoms with van der Waals surface area (Å²) in [5.74, 6) is -1.03. The summed E-state index contributed by atoms with van der Waals surface area (Å²) in [5, 5.41) is 27.2. The molecule has 0 radical (unpaired) electrons. The van der Waals surface area contributed by atoms with E-state index in [1.54, 1.807) is 6.92 Å². The number of anilines is 1. The van der Waals surface area contributed by atoms with Crippen LogP contribution in [0.2, 0.25) is 5.15 Å². The standard InChI is InChI=1S/C20H18ClFN6O6/c1-10(8-34-9-11-4-12(22)6-13(5-11)28(32)33)24-18(29)15-7-23-27-17(15)25-16(21)14-2-3-26(19(14)27)20(30)31/h4-7,10H,2-3,8-9H2,1H3,(H,24,29)(H,30,31)/t10-/m1/s1. The Balaban J connectivity index is 1.44. The van der Waals surface area contributed by atoms with Crippen LogP contribution in [0.5, 0.6) is 0 Å². The highest BCUT2D eigenvalue weighted by Gasteiger charge is 2.32. The molecule has 2 N–H and O–H groups in total. The molecular formula is C20H18ClFN6O6. The number of benzene rings is 1. The van der Waals surface area contributed by atoms with Gasteiger partial charge < -0.3 is 15.2 Å². The van der Waals surface area contributed by atoms with Crippen LogP contribution in [0.1, 0.15) is 28.4 Å². The van der Waals surface area contributed by atoms with Crippen molar-refractivity contribution in [2.24, 2.45) is 0 Å². The number of aromatic nitrogens is 3. The number of nitro benzene ring substituents is 1. The van der Waals surface area contributed by atoms with Gasteiger partial charge in [-0.3, -0.25) is 19.8 Å². The molecular weight excluding hydrogens is 475 g/mol. The van der Waals surface area contributed by atoms with Crippen LogP contribution < -0.4 is 10.2 Å². The third kappa shape index (κ3) is 4.47. The number of hydrogen-bond donors (Lipinski definition) is 2. The minimum Gasteiger partial charge on any atom is -0.465 e. The molecule has 1 aliphatic heterocycles. The topological polar surface area (TPSA) is 152 Å². The Kier molecular flexibility index (Phi) is 6.30. The van der Waals surface area contributed by atoms with Gasteiger partial charge in [0.25, 0.3) is 11.6 Å². The lowest BCUT2D eigenvalue weighted by Gasteiger charge is -2.15. The third-order valence-corrected chi connectivity index (χ3v) is 5.46. The highest BCUT2D eigenvalue weighted by molar-refractivity contribution is 6.31. The number of nitro groups is 1. The van der Waals surface area contributed by atoms with Gasteiger partial charge >= 0.3 is 6.09 Å². The number of nitrogens with zero attached hydrogens (tertiary/aromatic N) is 5. The van der Waals surface area contributed by atoms with E-state index in [2.05, 4.69) is 15.4 Å². The van der Waals surface area contributed by atoms with E-state index in [1.807, 2.05) is 0 Å². The van der Waals surface area contributed by atoms with Crippen LogP contribution in [-0.2, 0) is 17.8 Å². The fourth-order valence-corrected chi connectivity index (χ4v) is 3.93. The van der Waals surface area contributed by atoms with Gasteiger partial charge in [-0.05, 0) is 25.0 Å². The van der Waals surface area contributed by atoms with E-state index in [-0.39, 0.29) is 53.2 Å². The molecule has 0 saturated heterocycles. The summed E-state index contributed by atoms with van der Waals surface area (Å²) < 4.78 is 20.3. The Morgan fingerprint density at radius 2 is 2.18 bits per heavy atom. The lowest BCUT2D eigenvalue weighted by molar-refractivity contribution is -0.385. The molecule has 0 unspecified atom stereocenters. The average Bonchev–Trinajstić information content (AvgIpc) is 3.38. The zero-order valence-corrected chi connectivity index (χ0v) is 18.5. The summed E-state index contributed by atoms with van der Waals surface area (Å²) in [4.78, 5) is 39.8. The molecule has 178 valence electrons. The van der Waals surface area contributed by atoms with Crippen molar-refractivity contribution in [2.75, 3.05) is 18.1 Å². The number of hydrogen-bond acceptors (Lipinski definition) is 7. The van der Waals surface area contributed by atoms with E-state index in [1.165, 1.54) is 16.8 Å². The molecule has 0 fully saturated rings. The number of halogens is 2. The third-order valence-electron chi connectivity index (χ3n) is 5.15. The first-order valence-corrected chi connectivity index (χ1v) is 10.4. The van der Waals surface area contributed by atoms with Gasteiger partial charge in [0.2, 0.25) is 0 Å². The Bertz CT molecular complexity index is 1310. The molecule has 0 spiro atoms. The molecule has 0 aliphatic carbocycles. The van der Waals surface area contributed by atoms with E-state index in [4.69, 9.17) is 16.3 Å². The number of carboxylic acid groups (broad SMARTS) is 1. The van der Waals surface area contributed by atoms with Crippen LogP contribution in [0.25, 0.3) is 5.65 Å². The van der Waals surface area contributed by atoms with Crippen LogP contribution in [0.4, 0.5) is 20.7 Å². The van der Waals surface area contributed by atoms with E-state index >= 15 is 0 Å². The second-order valence-electron chi connectivity index (χ2n) is 7.65. The Hall–Kier alpha value is -3.84. The summed E-state index contributed by atoms with van der Waals surface area (Å²) in [5.41, 5.74) is 0.630. The number of carbonyl (C=O) groups is 2. The Labute approximate surface area is 196 Å². The lowest BCUT2D eigenvalue weighted by atomic mass is 10.2. The SMILES string of the molecule is C[C@H](COCc1cc(F)cc([N+](=O)[O-])c1)NC(=O)c1cnn2c3c(c(Cl)nc12)CCN3C(=O)O. The first-order valence-electron chi connectivity index (χ1n) is 10.0. The molecule has 14 heteroatoms. The molecule has 1 aromatic carbocycles. The fourth-order valence-electron chi connectivity index (χ4n) is 3.67. The smallest absolute Gasteiger partial charge is 0.413 e. The molecule has 12 nitrogen and oxygen atoms in total. The molecule has 4 rings (SSSR count). The normalized spacial score (nSPS) is 13.7. The first kappa shape index (κ1) is 23.3. The number of nitrogens with one attached hydrogen (secondary N) is 1. The summed E-state index contributed by atoms with van der Waals surface area (Å²) in [6.07, 6.45) is 0.484. The van der Waals surface area contributed by atoms with Crippen LogP contribution in [0.15, 0.2) is 24.4 Å². The van der Waals surface area contributed by atoms with Gasteiger partial charge in [0.15, 0.2) is 5.65 Å². The summed E-state index contributed by atoms with van der Waals surface area (Å²) in [6.45, 7) is 1.81. The molecule has 1 aliphatic rings. The number of rotatable bonds is 7. The van der Waals surface area contributed by atoms with Crippen LogP contribution in [0, 0.1) is 15.9 Å². The molecule has 0 bridgehead atoms. The number of amides is 2. The predicted molar refractivity (Wildman–Crippen MR) is 117 cm³/mol. The van der Waals surface area contributed by atoms with Crippen LogP contribution >= 0.6 is 11.6 Å². The van der Waals surface area contributed by atoms with Gasteiger partial charge in [-0.2, -0.15) is 9.61 Å². The van der Waals surface area contributed by atoms with Crippen molar-refractivity contribution in [1.29, 1.82) is 0 Å². The second-order valence-corrected chi connectivity index (χ2v) is 8.01. The largest absolute Gasteiger partial charge is 0.465 e. The highest BCUT2D eigenvalue weighted by atomic mass is 35.5. The minimum atomic E-state index is -1.17. The molecule has 0 saturated carbocycles. The second kappa shape index (κ2) is 9.19. The van der Waals surface area contributed by atoms with Gasteiger partial charge in [-0.15, -0.1) is 0 Å². The van der Waals surface area contributed by atoms with Crippen molar-refractivity contribution in [1.82, 2.24) is 19.9 Å². The van der Waals surface area contributed by atoms with E-state index in [0.29, 0.717) is 12.0 Å². The number of ether oxygens (including phenoxy) is 1. The summed E-state index contributed by atoms with van der Waals surface area (Å²) in [6, 6.07) is 2.66. The van der Waals surface area contributed by atoms with Gasteiger partial charge in [0.1, 0.15) is 22.4 Å². The van der Waals surface area contributed by atoms with Crippen molar-refractivity contribution in [3.8, 4) is 0 Å². The maximum absolute atomic E-state index is 13.5. The highest BCUT2D eigenvalue weighted by Crippen LogP contribution is 2.33. The Morgan fingerprint density at radius 3 is 2.88 bits per heavy atom. The van der Waals surface area contributed by atoms with Crippen molar-refractivity contribution >= 4 is 40.8 Å². The lowest BCUT2D eigenvalue weighted by Crippen LogP contribution is -2.36. The van der Waals surface area contributed by atoms with Crippen molar-refractivity contribution < 1.29 is 28.7 Å². The van der Waals surface area contributed by atoms with Gasteiger partial charge in [-0.25, -0.2) is 14.2 Å². The van der Waals surface area contributed by atoms with Gasteiger partial charge in [0, 0.05) is 24.2 Å². The monoisotopic (exact) mass is 492 g/mol. The number of non-ortho nitro benzene ring substituents is 1. The molecule has 3 heterocycles. The average molecular weight is 493 g/mol. The quantitative estimate of drug-likeness (QED) is 0.290. The Morgan fingerprint density at radius 1 is 1.41 bits per heavy atom. The number of carbonyl (C=O) groups excluding carboxylic acids is 1. The van der Waals surface area contributed by atoms with Crippen LogP contribution in [-0.4, -0.2) is 55.8 Å². The van der Waals surface area contributed by atoms with Crippen molar-refractivity contribution in [3.05, 3.63) is 62.2 Å². The maximum Gasteiger partial charge on any atom is 0.413 e. The van der Waals surface area contributed by atoms with Crippen molar-refractivity contribution in [2.45, 2.75) is 26.0 Å². The maximum atomic E-state index is 13.5. The zero-order valence-electron chi connectivity index (χ0n) is 17.7. The molecule has 1 atom stereocenters. The predicted octanol–water partition coefficient (Wildman–Crippen LogP) is 2.81. The van der Waals surface area contributed by atoms with Crippen LogP contribution in [0.3, 0.4) is 0 Å². The summed E-state index contributed by atoms with van der Waals surface area (Å²) >= 11 is 6.23. The van der Waals surface area contributed by atoms with E-state index in [0.717, 1.165) is 17.0 Å². The van der Waals surface area contributed by atoms with Gasteiger partial charge in [0.05, 0.1) is 30.4 Å². The zero-order chi connectivity index (χ0) is 24.6. The molecule has 2 amide bonds. The van der Waals surface area contributed by atoms with E-state index in [9.17, 15) is 29.2 Å². The summed E-state index contributed by atoms with van der Waals surface area (Å²) in [7, 11) is 0.